The van der Waals surface area contributed by atoms with Crippen molar-refractivity contribution in [2.24, 2.45) is 0 Å². The minimum absolute atomic E-state index is 0.160. The molecule has 30 heavy (non-hydrogen) atoms. The maximum atomic E-state index is 12.3. The average Bonchev–Trinajstić information content (AvgIpc) is 3.14. The highest BCUT2D eigenvalue weighted by molar-refractivity contribution is 7.92. The number of carbonyl (C=O) groups is 1. The van der Waals surface area contributed by atoms with Crippen molar-refractivity contribution in [1.29, 1.82) is 0 Å². The van der Waals surface area contributed by atoms with Crippen LogP contribution >= 0.6 is 22.9 Å². The predicted molar refractivity (Wildman–Crippen MR) is 122 cm³/mol. The van der Waals surface area contributed by atoms with Crippen molar-refractivity contribution >= 4 is 49.7 Å². The molecule has 1 heterocycles. The second-order valence-electron chi connectivity index (χ2n) is 6.74. The average molecular weight is 465 g/mol. The van der Waals surface area contributed by atoms with E-state index in [0.29, 0.717) is 27.3 Å². The Morgan fingerprint density at radius 2 is 1.77 bits per heavy atom. The third-order valence-electron chi connectivity index (χ3n) is 4.25. The number of nitrogens with zero attached hydrogens (tertiary/aromatic N) is 3. The smallest absolute Gasteiger partial charge is 0.232 e. The molecule has 0 aliphatic carbocycles. The molecule has 2 aromatic carbocycles. The molecule has 7 nitrogen and oxygen atoms in total. The van der Waals surface area contributed by atoms with Gasteiger partial charge >= 0.3 is 0 Å². The van der Waals surface area contributed by atoms with E-state index in [-0.39, 0.29) is 18.9 Å². The van der Waals surface area contributed by atoms with E-state index in [2.05, 4.69) is 15.5 Å². The molecule has 3 rings (SSSR count). The molecule has 3 aromatic rings. The monoisotopic (exact) mass is 464 g/mol. The van der Waals surface area contributed by atoms with Gasteiger partial charge in [-0.1, -0.05) is 52.8 Å². The van der Waals surface area contributed by atoms with Gasteiger partial charge in [0.2, 0.25) is 21.1 Å². The van der Waals surface area contributed by atoms with Gasteiger partial charge in [-0.05, 0) is 37.6 Å². The van der Waals surface area contributed by atoms with Crippen molar-refractivity contribution in [1.82, 2.24) is 10.2 Å². The molecule has 0 saturated carbocycles. The highest BCUT2D eigenvalue weighted by Gasteiger charge is 2.18. The van der Waals surface area contributed by atoms with Gasteiger partial charge in [0.15, 0.2) is 0 Å². The Kier molecular flexibility index (Phi) is 7.06. The molecule has 0 aliphatic rings. The summed E-state index contributed by atoms with van der Waals surface area (Å²) in [5.41, 5.74) is 2.49. The number of carbonyl (C=O) groups excluding carboxylic acids is 1. The van der Waals surface area contributed by atoms with Gasteiger partial charge in [0.1, 0.15) is 5.01 Å². The van der Waals surface area contributed by atoms with Crippen LogP contribution in [0, 0.1) is 6.92 Å². The zero-order valence-corrected chi connectivity index (χ0v) is 18.9. The zero-order valence-electron chi connectivity index (χ0n) is 16.5. The maximum absolute atomic E-state index is 12.3. The molecule has 0 saturated heterocycles. The molecule has 0 fully saturated rings. The van der Waals surface area contributed by atoms with Crippen molar-refractivity contribution in [3.05, 3.63) is 59.1 Å². The number of benzene rings is 2. The van der Waals surface area contributed by atoms with Gasteiger partial charge in [0, 0.05) is 23.6 Å². The number of nitrogens with one attached hydrogen (secondary N) is 1. The van der Waals surface area contributed by atoms with Crippen LogP contribution in [0.3, 0.4) is 0 Å². The Balaban J connectivity index is 1.56. The van der Waals surface area contributed by atoms with Crippen LogP contribution in [0.25, 0.3) is 10.6 Å². The van der Waals surface area contributed by atoms with Crippen LogP contribution in [-0.2, 0) is 14.8 Å². The highest BCUT2D eigenvalue weighted by atomic mass is 35.5. The van der Waals surface area contributed by atoms with E-state index >= 15 is 0 Å². The molecule has 10 heteroatoms. The number of rotatable bonds is 8. The number of hydrogen-bond acceptors (Lipinski definition) is 6. The van der Waals surface area contributed by atoms with Crippen molar-refractivity contribution in [3.63, 3.8) is 0 Å². The predicted octanol–water partition coefficient (Wildman–Crippen LogP) is 4.35. The van der Waals surface area contributed by atoms with E-state index in [0.717, 1.165) is 17.4 Å². The van der Waals surface area contributed by atoms with Gasteiger partial charge in [-0.15, -0.1) is 10.2 Å². The molecular weight excluding hydrogens is 444 g/mol. The van der Waals surface area contributed by atoms with Crippen LogP contribution in [-0.4, -0.2) is 37.3 Å². The summed E-state index contributed by atoms with van der Waals surface area (Å²) in [5, 5.41) is 12.5. The minimum Gasteiger partial charge on any atom is -0.301 e. The Morgan fingerprint density at radius 3 is 2.40 bits per heavy atom. The SMILES string of the molecule is Cc1ccc(N(CCCC(=O)Nc2nnc(-c3ccc(Cl)cc3)s2)S(C)(=O)=O)cc1. The van der Waals surface area contributed by atoms with Gasteiger partial charge in [-0.2, -0.15) is 0 Å². The Labute approximate surface area is 184 Å². The van der Waals surface area contributed by atoms with Crippen LogP contribution in [0.15, 0.2) is 48.5 Å². The van der Waals surface area contributed by atoms with Gasteiger partial charge in [-0.25, -0.2) is 8.42 Å². The van der Waals surface area contributed by atoms with E-state index in [1.165, 1.54) is 15.6 Å². The standard InChI is InChI=1S/C20H21ClN4O3S2/c1-14-5-11-17(12-6-14)25(30(2,27)28)13-3-4-18(26)22-20-24-23-19(29-20)15-7-9-16(21)10-8-15/h5-12H,3-4,13H2,1-2H3,(H,22,24,26). The first kappa shape index (κ1) is 22.2. The summed E-state index contributed by atoms with van der Waals surface area (Å²) in [6, 6.07) is 14.4. The number of hydrogen-bond donors (Lipinski definition) is 1. The second-order valence-corrected chi connectivity index (χ2v) is 10.1. The van der Waals surface area contributed by atoms with Crippen LogP contribution in [0.2, 0.25) is 5.02 Å². The lowest BCUT2D eigenvalue weighted by Crippen LogP contribution is -2.31. The second kappa shape index (κ2) is 9.55. The lowest BCUT2D eigenvalue weighted by molar-refractivity contribution is -0.116. The third kappa shape index (κ3) is 6.01. The molecular formula is C20H21ClN4O3S2. The summed E-state index contributed by atoms with van der Waals surface area (Å²) in [7, 11) is -3.45. The summed E-state index contributed by atoms with van der Waals surface area (Å²) in [6.45, 7) is 2.15. The van der Waals surface area contributed by atoms with E-state index in [9.17, 15) is 13.2 Å². The summed E-state index contributed by atoms with van der Waals surface area (Å²) in [4.78, 5) is 12.3. The first-order valence-corrected chi connectivity index (χ1v) is 12.2. The molecule has 1 amide bonds. The fourth-order valence-corrected chi connectivity index (χ4v) is 4.60. The van der Waals surface area contributed by atoms with Gasteiger partial charge in [0.25, 0.3) is 0 Å². The van der Waals surface area contributed by atoms with E-state index in [1.807, 2.05) is 31.2 Å². The number of halogens is 1. The van der Waals surface area contributed by atoms with Gasteiger partial charge < -0.3 is 5.32 Å². The van der Waals surface area contributed by atoms with Crippen molar-refractivity contribution in [2.45, 2.75) is 19.8 Å². The molecule has 158 valence electrons. The molecule has 0 radical (unpaired) electrons. The normalized spacial score (nSPS) is 11.3. The zero-order chi connectivity index (χ0) is 21.7. The lowest BCUT2D eigenvalue weighted by atomic mass is 10.2. The minimum atomic E-state index is -3.45. The molecule has 1 aromatic heterocycles. The first-order chi connectivity index (χ1) is 14.2. The third-order valence-corrected chi connectivity index (χ3v) is 6.58. The largest absolute Gasteiger partial charge is 0.301 e. The maximum Gasteiger partial charge on any atom is 0.232 e. The summed E-state index contributed by atoms with van der Waals surface area (Å²) >= 11 is 7.15. The summed E-state index contributed by atoms with van der Waals surface area (Å²) in [5.74, 6) is -0.244. The van der Waals surface area contributed by atoms with E-state index < -0.39 is 10.0 Å². The molecule has 0 aliphatic heterocycles. The van der Waals surface area contributed by atoms with Crippen molar-refractivity contribution in [2.75, 3.05) is 22.4 Å². The number of aryl methyl sites for hydroxylation is 1. The van der Waals surface area contributed by atoms with Crippen LogP contribution in [0.5, 0.6) is 0 Å². The van der Waals surface area contributed by atoms with E-state index in [1.54, 1.807) is 24.3 Å². The molecule has 0 spiro atoms. The fourth-order valence-electron chi connectivity index (χ4n) is 2.75. The molecule has 1 N–H and O–H groups in total. The Morgan fingerprint density at radius 1 is 1.10 bits per heavy atom. The number of amides is 1. The van der Waals surface area contributed by atoms with Crippen molar-refractivity contribution in [3.8, 4) is 10.6 Å². The van der Waals surface area contributed by atoms with Crippen LogP contribution in [0.4, 0.5) is 10.8 Å². The van der Waals surface area contributed by atoms with Gasteiger partial charge in [0.05, 0.1) is 11.9 Å². The summed E-state index contributed by atoms with van der Waals surface area (Å²) < 4.78 is 25.6. The quantitative estimate of drug-likeness (QED) is 0.535. The lowest BCUT2D eigenvalue weighted by Gasteiger charge is -2.22. The van der Waals surface area contributed by atoms with Crippen LogP contribution in [0.1, 0.15) is 18.4 Å². The molecule has 0 unspecified atom stereocenters. The molecule has 0 atom stereocenters. The highest BCUT2D eigenvalue weighted by Crippen LogP contribution is 2.27. The Hall–Kier alpha value is -2.49. The molecule has 0 bridgehead atoms. The number of aromatic nitrogens is 2. The van der Waals surface area contributed by atoms with Gasteiger partial charge in [-0.3, -0.25) is 9.10 Å². The topological polar surface area (TPSA) is 92.3 Å². The first-order valence-electron chi connectivity index (χ1n) is 9.16. The van der Waals surface area contributed by atoms with Crippen molar-refractivity contribution < 1.29 is 13.2 Å². The Bertz CT molecular complexity index is 1110. The fraction of sp³-hybridized carbons (Fsp3) is 0.250. The number of anilines is 2. The summed E-state index contributed by atoms with van der Waals surface area (Å²) in [6.07, 6.45) is 1.69. The van der Waals surface area contributed by atoms with E-state index in [4.69, 9.17) is 11.6 Å². The number of sulfonamides is 1. The van der Waals surface area contributed by atoms with Crippen LogP contribution < -0.4 is 9.62 Å².